The molecule has 0 aliphatic rings. The number of hydrogen-bond donors (Lipinski definition) is 1. The van der Waals surface area contributed by atoms with E-state index in [-0.39, 0.29) is 5.97 Å². The summed E-state index contributed by atoms with van der Waals surface area (Å²) in [5.41, 5.74) is 4.87. The van der Waals surface area contributed by atoms with Crippen molar-refractivity contribution in [1.29, 1.82) is 5.26 Å². The number of nitrogens with one attached hydrogen (secondary N) is 1. The molecule has 3 rings (SSSR count). The Bertz CT molecular complexity index is 1070. The summed E-state index contributed by atoms with van der Waals surface area (Å²) in [6.07, 6.45) is 2.68. The van der Waals surface area contributed by atoms with Crippen LogP contribution in [0, 0.1) is 17.2 Å². The summed E-state index contributed by atoms with van der Waals surface area (Å²) < 4.78 is 4.69. The van der Waals surface area contributed by atoms with Crippen LogP contribution in [0.1, 0.15) is 34.8 Å². The first-order chi connectivity index (χ1) is 14.5. The SMILES string of the molecule is COC(=O)c1ccc(N/C=C(\C#N)c2nc(-c3ccc(CC(C)C)cc3)cs2)cc1. The van der Waals surface area contributed by atoms with Gasteiger partial charge in [0, 0.05) is 22.8 Å². The minimum atomic E-state index is -0.387. The van der Waals surface area contributed by atoms with Crippen LogP contribution >= 0.6 is 11.3 Å². The van der Waals surface area contributed by atoms with Crippen LogP contribution < -0.4 is 5.32 Å². The number of carbonyl (C=O) groups is 1. The molecule has 1 N–H and O–H groups in total. The molecule has 5 nitrogen and oxygen atoms in total. The fourth-order valence-corrected chi connectivity index (χ4v) is 3.73. The van der Waals surface area contributed by atoms with Crippen molar-refractivity contribution in [3.63, 3.8) is 0 Å². The predicted molar refractivity (Wildman–Crippen MR) is 121 cm³/mol. The van der Waals surface area contributed by atoms with E-state index in [1.165, 1.54) is 24.0 Å². The van der Waals surface area contributed by atoms with Gasteiger partial charge in [-0.1, -0.05) is 38.1 Å². The molecule has 0 radical (unpaired) electrons. The summed E-state index contributed by atoms with van der Waals surface area (Å²) in [5.74, 6) is 0.233. The van der Waals surface area contributed by atoms with Gasteiger partial charge in [0.1, 0.15) is 16.6 Å². The number of aromatic nitrogens is 1. The van der Waals surface area contributed by atoms with E-state index >= 15 is 0 Å². The fourth-order valence-electron chi connectivity index (χ4n) is 2.93. The van der Waals surface area contributed by atoms with Crippen molar-refractivity contribution in [3.8, 4) is 17.3 Å². The average Bonchev–Trinajstić information content (AvgIpc) is 3.24. The first kappa shape index (κ1) is 21.3. The van der Waals surface area contributed by atoms with Crippen LogP contribution in [0.3, 0.4) is 0 Å². The van der Waals surface area contributed by atoms with Crippen molar-refractivity contribution in [2.24, 2.45) is 5.92 Å². The van der Waals surface area contributed by atoms with Gasteiger partial charge in [-0.25, -0.2) is 9.78 Å². The molecule has 2 aromatic carbocycles. The lowest BCUT2D eigenvalue weighted by atomic mass is 10.0. The fraction of sp³-hybridized carbons (Fsp3) is 0.208. The van der Waals surface area contributed by atoms with Gasteiger partial charge in [0.15, 0.2) is 0 Å². The number of allylic oxidation sites excluding steroid dienone is 1. The molecule has 1 heterocycles. The molecular weight excluding hydrogens is 394 g/mol. The summed E-state index contributed by atoms with van der Waals surface area (Å²) in [5, 5.41) is 15.2. The van der Waals surface area contributed by atoms with Gasteiger partial charge in [-0.3, -0.25) is 0 Å². The van der Waals surface area contributed by atoms with E-state index in [1.807, 2.05) is 5.38 Å². The Morgan fingerprint density at radius 1 is 1.20 bits per heavy atom. The van der Waals surface area contributed by atoms with Gasteiger partial charge in [-0.15, -0.1) is 11.3 Å². The standard InChI is InChI=1S/C24H23N3O2S/c1-16(2)12-17-4-6-18(7-5-17)22-15-30-23(27-22)20(13-25)14-26-21-10-8-19(9-11-21)24(28)29-3/h4-11,14-16,26H,12H2,1-3H3/b20-14+. The Balaban J connectivity index is 1.72. The number of hydrogen-bond acceptors (Lipinski definition) is 6. The van der Waals surface area contributed by atoms with Crippen LogP contribution in [0.15, 0.2) is 60.1 Å². The van der Waals surface area contributed by atoms with Crippen molar-refractivity contribution in [3.05, 3.63) is 76.2 Å². The number of carbonyl (C=O) groups excluding carboxylic acids is 1. The Morgan fingerprint density at radius 3 is 2.50 bits per heavy atom. The maximum Gasteiger partial charge on any atom is 0.337 e. The lowest BCUT2D eigenvalue weighted by molar-refractivity contribution is 0.0601. The predicted octanol–water partition coefficient (Wildman–Crippen LogP) is 5.77. The number of thiazole rings is 1. The van der Waals surface area contributed by atoms with Crippen molar-refractivity contribution < 1.29 is 9.53 Å². The van der Waals surface area contributed by atoms with E-state index in [9.17, 15) is 10.1 Å². The maximum atomic E-state index is 11.5. The molecule has 0 spiro atoms. The second-order valence-electron chi connectivity index (χ2n) is 7.22. The summed E-state index contributed by atoms with van der Waals surface area (Å²) in [4.78, 5) is 16.1. The summed E-state index contributed by atoms with van der Waals surface area (Å²) in [6, 6.07) is 17.5. The summed E-state index contributed by atoms with van der Waals surface area (Å²) >= 11 is 1.43. The number of esters is 1. The highest BCUT2D eigenvalue weighted by Crippen LogP contribution is 2.27. The quantitative estimate of drug-likeness (QED) is 0.390. The smallest absolute Gasteiger partial charge is 0.337 e. The second kappa shape index (κ2) is 9.86. The van der Waals surface area contributed by atoms with Gasteiger partial charge < -0.3 is 10.1 Å². The first-order valence-corrected chi connectivity index (χ1v) is 10.5. The second-order valence-corrected chi connectivity index (χ2v) is 8.07. The zero-order valence-electron chi connectivity index (χ0n) is 17.2. The number of anilines is 1. The number of rotatable bonds is 7. The van der Waals surface area contributed by atoms with Crippen LogP contribution in [0.4, 0.5) is 5.69 Å². The van der Waals surface area contributed by atoms with Crippen LogP contribution in [-0.2, 0) is 11.2 Å². The number of methoxy groups -OCH3 is 1. The van der Waals surface area contributed by atoms with Gasteiger partial charge in [0.2, 0.25) is 0 Å². The molecule has 6 heteroatoms. The zero-order chi connectivity index (χ0) is 21.5. The normalized spacial score (nSPS) is 11.2. The summed E-state index contributed by atoms with van der Waals surface area (Å²) in [7, 11) is 1.35. The van der Waals surface area contributed by atoms with Crippen LogP contribution in [-0.4, -0.2) is 18.1 Å². The molecule has 0 saturated heterocycles. The molecular formula is C24H23N3O2S. The number of benzene rings is 2. The first-order valence-electron chi connectivity index (χ1n) is 9.60. The molecule has 3 aromatic rings. The molecule has 0 bridgehead atoms. The lowest BCUT2D eigenvalue weighted by Crippen LogP contribution is -2.00. The minimum Gasteiger partial charge on any atom is -0.465 e. The zero-order valence-corrected chi connectivity index (χ0v) is 18.0. The van der Waals surface area contributed by atoms with Crippen molar-refractivity contribution >= 4 is 28.6 Å². The van der Waals surface area contributed by atoms with Gasteiger partial charge in [-0.05, 0) is 42.2 Å². The highest BCUT2D eigenvalue weighted by molar-refractivity contribution is 7.11. The molecule has 0 unspecified atom stereocenters. The van der Waals surface area contributed by atoms with Crippen LogP contribution in [0.2, 0.25) is 0 Å². The third kappa shape index (κ3) is 5.34. The molecule has 0 fully saturated rings. The number of nitrogens with zero attached hydrogens (tertiary/aromatic N) is 2. The third-order valence-electron chi connectivity index (χ3n) is 4.44. The van der Waals surface area contributed by atoms with E-state index < -0.39 is 0 Å². The minimum absolute atomic E-state index is 0.387. The van der Waals surface area contributed by atoms with Gasteiger partial charge in [0.05, 0.1) is 18.4 Å². The molecule has 0 saturated carbocycles. The Morgan fingerprint density at radius 2 is 1.90 bits per heavy atom. The van der Waals surface area contributed by atoms with Crippen molar-refractivity contribution in [2.75, 3.05) is 12.4 Å². The molecule has 0 aliphatic heterocycles. The molecule has 30 heavy (non-hydrogen) atoms. The Labute approximate surface area is 180 Å². The van der Waals surface area contributed by atoms with Crippen molar-refractivity contribution in [2.45, 2.75) is 20.3 Å². The van der Waals surface area contributed by atoms with E-state index in [4.69, 9.17) is 4.74 Å². The van der Waals surface area contributed by atoms with Crippen molar-refractivity contribution in [1.82, 2.24) is 4.98 Å². The number of nitriles is 1. The number of ether oxygens (including phenoxy) is 1. The van der Waals surface area contributed by atoms with Crippen LogP contribution in [0.25, 0.3) is 16.8 Å². The van der Waals surface area contributed by atoms with Gasteiger partial charge in [0.25, 0.3) is 0 Å². The highest BCUT2D eigenvalue weighted by atomic mass is 32.1. The topological polar surface area (TPSA) is 75.0 Å². The molecule has 0 aliphatic carbocycles. The van der Waals surface area contributed by atoms with E-state index in [1.54, 1.807) is 30.5 Å². The van der Waals surface area contributed by atoms with E-state index in [0.29, 0.717) is 22.1 Å². The van der Waals surface area contributed by atoms with E-state index in [0.717, 1.165) is 23.4 Å². The lowest BCUT2D eigenvalue weighted by Gasteiger charge is -2.05. The molecule has 0 amide bonds. The largest absolute Gasteiger partial charge is 0.465 e. The van der Waals surface area contributed by atoms with Gasteiger partial charge in [-0.2, -0.15) is 5.26 Å². The van der Waals surface area contributed by atoms with Crippen LogP contribution in [0.5, 0.6) is 0 Å². The van der Waals surface area contributed by atoms with E-state index in [2.05, 4.69) is 54.5 Å². The molecule has 152 valence electrons. The van der Waals surface area contributed by atoms with Gasteiger partial charge >= 0.3 is 5.97 Å². The highest BCUT2D eigenvalue weighted by Gasteiger charge is 2.10. The monoisotopic (exact) mass is 417 g/mol. The Hall–Kier alpha value is -3.43. The molecule has 1 aromatic heterocycles. The maximum absolute atomic E-state index is 11.5. The third-order valence-corrected chi connectivity index (χ3v) is 5.31. The Kier molecular flexibility index (Phi) is 6.99. The average molecular weight is 418 g/mol. The molecule has 0 atom stereocenters. The summed E-state index contributed by atoms with van der Waals surface area (Å²) in [6.45, 7) is 4.41.